The van der Waals surface area contributed by atoms with Crippen molar-refractivity contribution in [3.05, 3.63) is 65.7 Å². The number of nitrogens with one attached hydrogen (secondary N) is 1. The number of anilines is 1. The minimum absolute atomic E-state index is 0.0328. The zero-order valence-corrected chi connectivity index (χ0v) is 16.2. The van der Waals surface area contributed by atoms with Crippen LogP contribution in [0, 0.1) is 0 Å². The third-order valence-electron chi connectivity index (χ3n) is 4.88. The molecule has 1 heterocycles. The molecule has 0 spiro atoms. The molecular weight excluding hydrogens is 352 g/mol. The van der Waals surface area contributed by atoms with Gasteiger partial charge in [0.15, 0.2) is 0 Å². The van der Waals surface area contributed by atoms with Gasteiger partial charge in [-0.1, -0.05) is 42.5 Å². The smallest absolute Gasteiger partial charge is 0.227 e. The standard InChI is InChI=1S/C23H28N2O3/c26-22(8-5-16-28-17-14-19-6-2-1-3-7-19)24-18-20-10-12-21(13-11-20)25-15-4-9-23(25)27/h1-3,6-7,10-13H,4-5,8-9,14-18H2,(H,24,26). The first-order chi connectivity index (χ1) is 13.7. The minimum atomic E-state index is 0.0328. The van der Waals surface area contributed by atoms with Crippen LogP contribution in [0.2, 0.25) is 0 Å². The summed E-state index contributed by atoms with van der Waals surface area (Å²) in [6.07, 6.45) is 3.63. The predicted molar refractivity (Wildman–Crippen MR) is 110 cm³/mol. The fourth-order valence-corrected chi connectivity index (χ4v) is 3.28. The summed E-state index contributed by atoms with van der Waals surface area (Å²) >= 11 is 0. The molecule has 148 valence electrons. The predicted octanol–water partition coefficient (Wildman–Crippen LogP) is 3.47. The summed E-state index contributed by atoms with van der Waals surface area (Å²) in [6.45, 7) is 2.57. The quantitative estimate of drug-likeness (QED) is 0.642. The number of amides is 2. The number of hydrogen-bond donors (Lipinski definition) is 1. The molecule has 1 aliphatic rings. The minimum Gasteiger partial charge on any atom is -0.381 e. The SMILES string of the molecule is O=C(CCCOCCc1ccccc1)NCc1ccc(N2CCCC2=O)cc1. The zero-order valence-electron chi connectivity index (χ0n) is 16.2. The van der Waals surface area contributed by atoms with Gasteiger partial charge in [-0.15, -0.1) is 0 Å². The van der Waals surface area contributed by atoms with E-state index in [0.717, 1.165) is 37.1 Å². The fourth-order valence-electron chi connectivity index (χ4n) is 3.28. The topological polar surface area (TPSA) is 58.6 Å². The van der Waals surface area contributed by atoms with Gasteiger partial charge in [0.2, 0.25) is 11.8 Å². The Morgan fingerprint density at radius 2 is 1.79 bits per heavy atom. The number of hydrogen-bond acceptors (Lipinski definition) is 3. The van der Waals surface area contributed by atoms with E-state index < -0.39 is 0 Å². The van der Waals surface area contributed by atoms with E-state index in [9.17, 15) is 9.59 Å². The summed E-state index contributed by atoms with van der Waals surface area (Å²) in [7, 11) is 0. The van der Waals surface area contributed by atoms with Crippen LogP contribution in [0.4, 0.5) is 5.69 Å². The second-order valence-corrected chi connectivity index (χ2v) is 7.04. The van der Waals surface area contributed by atoms with Crippen molar-refractivity contribution in [2.24, 2.45) is 0 Å². The largest absolute Gasteiger partial charge is 0.381 e. The second kappa shape index (κ2) is 10.6. The van der Waals surface area contributed by atoms with Crippen LogP contribution < -0.4 is 10.2 Å². The van der Waals surface area contributed by atoms with E-state index in [1.165, 1.54) is 5.56 Å². The van der Waals surface area contributed by atoms with E-state index >= 15 is 0 Å². The molecule has 5 heteroatoms. The van der Waals surface area contributed by atoms with E-state index in [1.807, 2.05) is 47.4 Å². The molecule has 2 amide bonds. The maximum Gasteiger partial charge on any atom is 0.227 e. The van der Waals surface area contributed by atoms with Gasteiger partial charge in [-0.2, -0.15) is 0 Å². The lowest BCUT2D eigenvalue weighted by molar-refractivity contribution is -0.121. The van der Waals surface area contributed by atoms with Crippen molar-refractivity contribution in [3.63, 3.8) is 0 Å². The third kappa shape index (κ3) is 6.20. The Bertz CT molecular complexity index is 759. The molecule has 0 aromatic heterocycles. The molecule has 0 atom stereocenters. The van der Waals surface area contributed by atoms with Crippen molar-refractivity contribution in [1.29, 1.82) is 0 Å². The first-order valence-corrected chi connectivity index (χ1v) is 10.00. The maximum atomic E-state index is 12.0. The van der Waals surface area contributed by atoms with E-state index in [0.29, 0.717) is 32.6 Å². The molecule has 3 rings (SSSR count). The van der Waals surface area contributed by atoms with E-state index in [1.54, 1.807) is 0 Å². The van der Waals surface area contributed by atoms with E-state index in [-0.39, 0.29) is 11.8 Å². The van der Waals surface area contributed by atoms with Crippen LogP contribution in [0.1, 0.15) is 36.8 Å². The van der Waals surface area contributed by atoms with Crippen LogP contribution in [-0.4, -0.2) is 31.6 Å². The highest BCUT2D eigenvalue weighted by Gasteiger charge is 2.21. The van der Waals surface area contributed by atoms with E-state index in [4.69, 9.17) is 4.74 Å². The van der Waals surface area contributed by atoms with Gasteiger partial charge in [-0.3, -0.25) is 9.59 Å². The number of nitrogens with zero attached hydrogens (tertiary/aromatic N) is 1. The average molecular weight is 380 g/mol. The monoisotopic (exact) mass is 380 g/mol. The molecule has 28 heavy (non-hydrogen) atoms. The maximum absolute atomic E-state index is 12.0. The van der Waals surface area contributed by atoms with Gasteiger partial charge in [0.1, 0.15) is 0 Å². The van der Waals surface area contributed by atoms with Gasteiger partial charge < -0.3 is 15.0 Å². The van der Waals surface area contributed by atoms with Crippen molar-refractivity contribution in [1.82, 2.24) is 5.32 Å². The lowest BCUT2D eigenvalue weighted by Gasteiger charge is -2.16. The molecular formula is C23H28N2O3. The molecule has 0 radical (unpaired) electrons. The van der Waals surface area contributed by atoms with Crippen LogP contribution in [0.15, 0.2) is 54.6 Å². The number of rotatable bonds is 10. The van der Waals surface area contributed by atoms with Gasteiger partial charge in [0, 0.05) is 38.2 Å². The molecule has 2 aromatic carbocycles. The molecule has 1 fully saturated rings. The van der Waals surface area contributed by atoms with Crippen LogP contribution in [0.3, 0.4) is 0 Å². The molecule has 0 unspecified atom stereocenters. The molecule has 5 nitrogen and oxygen atoms in total. The second-order valence-electron chi connectivity index (χ2n) is 7.04. The third-order valence-corrected chi connectivity index (χ3v) is 4.88. The Morgan fingerprint density at radius 1 is 1.00 bits per heavy atom. The molecule has 1 aliphatic heterocycles. The Hall–Kier alpha value is -2.66. The Kier molecular flexibility index (Phi) is 7.62. The van der Waals surface area contributed by atoms with Crippen molar-refractivity contribution in [2.45, 2.75) is 38.6 Å². The van der Waals surface area contributed by atoms with Crippen molar-refractivity contribution < 1.29 is 14.3 Å². The van der Waals surface area contributed by atoms with Gasteiger partial charge in [-0.25, -0.2) is 0 Å². The summed E-state index contributed by atoms with van der Waals surface area (Å²) in [5.41, 5.74) is 3.23. The molecule has 2 aromatic rings. The molecule has 0 bridgehead atoms. The summed E-state index contributed by atoms with van der Waals surface area (Å²) in [5.74, 6) is 0.220. The molecule has 0 aliphatic carbocycles. The normalized spacial score (nSPS) is 13.7. The Morgan fingerprint density at radius 3 is 2.50 bits per heavy atom. The number of ether oxygens (including phenoxy) is 1. The first-order valence-electron chi connectivity index (χ1n) is 10.00. The summed E-state index contributed by atoms with van der Waals surface area (Å²) in [4.78, 5) is 25.6. The van der Waals surface area contributed by atoms with Gasteiger partial charge in [-0.05, 0) is 42.5 Å². The Labute approximate surface area is 166 Å². The average Bonchev–Trinajstić information content (AvgIpc) is 3.16. The van der Waals surface area contributed by atoms with Crippen molar-refractivity contribution >= 4 is 17.5 Å². The highest BCUT2D eigenvalue weighted by atomic mass is 16.5. The molecule has 1 saturated heterocycles. The van der Waals surface area contributed by atoms with Crippen LogP contribution in [0.5, 0.6) is 0 Å². The highest BCUT2D eigenvalue weighted by molar-refractivity contribution is 5.95. The zero-order chi connectivity index (χ0) is 19.6. The van der Waals surface area contributed by atoms with Crippen molar-refractivity contribution in [2.75, 3.05) is 24.7 Å². The first kappa shape index (κ1) is 20.1. The van der Waals surface area contributed by atoms with Crippen molar-refractivity contribution in [3.8, 4) is 0 Å². The van der Waals surface area contributed by atoms with Gasteiger partial charge in [0.25, 0.3) is 0 Å². The summed E-state index contributed by atoms with van der Waals surface area (Å²) in [6, 6.07) is 18.1. The van der Waals surface area contributed by atoms with Gasteiger partial charge in [0.05, 0.1) is 6.61 Å². The van der Waals surface area contributed by atoms with Crippen LogP contribution >= 0.6 is 0 Å². The Balaban J connectivity index is 1.27. The van der Waals surface area contributed by atoms with Crippen LogP contribution in [0.25, 0.3) is 0 Å². The number of benzene rings is 2. The number of carbonyl (C=O) groups is 2. The van der Waals surface area contributed by atoms with Crippen LogP contribution in [-0.2, 0) is 27.3 Å². The highest BCUT2D eigenvalue weighted by Crippen LogP contribution is 2.21. The lowest BCUT2D eigenvalue weighted by Crippen LogP contribution is -2.24. The molecule has 1 N–H and O–H groups in total. The lowest BCUT2D eigenvalue weighted by atomic mass is 10.2. The molecule has 0 saturated carbocycles. The number of carbonyl (C=O) groups excluding carboxylic acids is 2. The van der Waals surface area contributed by atoms with Gasteiger partial charge >= 0.3 is 0 Å². The summed E-state index contributed by atoms with van der Waals surface area (Å²) < 4.78 is 5.61. The summed E-state index contributed by atoms with van der Waals surface area (Å²) in [5, 5.41) is 2.94. The van der Waals surface area contributed by atoms with E-state index in [2.05, 4.69) is 17.4 Å². The fraction of sp³-hybridized carbons (Fsp3) is 0.391.